The fourth-order valence-corrected chi connectivity index (χ4v) is 13.8. The van der Waals surface area contributed by atoms with Gasteiger partial charge in [0.05, 0.1) is 58.4 Å². The first-order valence-corrected chi connectivity index (χ1v) is 29.0. The minimum absolute atomic E-state index is 0.00650. The van der Waals surface area contributed by atoms with E-state index in [0.717, 1.165) is 52.5 Å². The Hall–Kier alpha value is -5.42. The molecule has 5 N–H and O–H groups in total. The summed E-state index contributed by atoms with van der Waals surface area (Å²) in [5, 5.41) is 29.3. The maximum absolute atomic E-state index is 14.1. The molecule has 5 aliphatic rings. The van der Waals surface area contributed by atoms with Crippen LogP contribution < -0.4 is 25.6 Å². The number of amides is 3. The van der Waals surface area contributed by atoms with Crippen molar-refractivity contribution < 1.29 is 38.6 Å². The molecule has 22 heteroatoms. The molecule has 5 saturated heterocycles. The maximum atomic E-state index is 14.1. The molecule has 0 unspecified atom stereocenters. The first-order valence-electron chi connectivity index (χ1n) is 26.9. The predicted molar refractivity (Wildman–Crippen MR) is 293 cm³/mol. The fourth-order valence-electron chi connectivity index (χ4n) is 11.8. The van der Waals surface area contributed by atoms with E-state index in [0.29, 0.717) is 103 Å². The number of benzene rings is 1. The van der Waals surface area contributed by atoms with Crippen LogP contribution in [0.25, 0.3) is 10.4 Å². The Morgan fingerprint density at radius 3 is 2.42 bits per heavy atom. The van der Waals surface area contributed by atoms with Gasteiger partial charge in [-0.05, 0) is 70.1 Å². The van der Waals surface area contributed by atoms with Crippen LogP contribution in [0.15, 0.2) is 62.7 Å². The molecule has 412 valence electrons. The van der Waals surface area contributed by atoms with Crippen molar-refractivity contribution in [3.63, 3.8) is 0 Å². The van der Waals surface area contributed by atoms with E-state index in [4.69, 9.17) is 41.3 Å². The number of nitrogens with zero attached hydrogens (tertiary/aromatic N) is 9. The monoisotopic (exact) mass is 1110 g/mol. The van der Waals surface area contributed by atoms with E-state index < -0.39 is 18.1 Å². The van der Waals surface area contributed by atoms with E-state index >= 15 is 0 Å². The molecule has 5 fully saturated rings. The lowest BCUT2D eigenvalue weighted by atomic mass is 9.73. The van der Waals surface area contributed by atoms with Gasteiger partial charge in [-0.25, -0.2) is 19.9 Å². The third-order valence-corrected chi connectivity index (χ3v) is 18.8. The van der Waals surface area contributed by atoms with Crippen molar-refractivity contribution in [1.29, 1.82) is 0 Å². The predicted octanol–water partition coefficient (Wildman–Crippen LogP) is 6.53. The molecule has 1 aromatic carbocycles. The third-order valence-electron chi connectivity index (χ3n) is 16.4. The van der Waals surface area contributed by atoms with Gasteiger partial charge in [0.1, 0.15) is 46.1 Å². The van der Waals surface area contributed by atoms with Gasteiger partial charge in [-0.15, -0.1) is 11.3 Å². The highest BCUT2D eigenvalue weighted by atomic mass is 35.5. The molecule has 4 aromatic heterocycles. The number of nitrogens with two attached hydrogens (primary N) is 1. The summed E-state index contributed by atoms with van der Waals surface area (Å²) in [5.74, 6) is 0.993. The van der Waals surface area contributed by atoms with Gasteiger partial charge in [0.2, 0.25) is 17.7 Å². The molecule has 3 amide bonds. The number of rotatable bonds is 15. The topological polar surface area (TPSA) is 239 Å². The molecular weight excluding hydrogens is 1040 g/mol. The molecule has 5 atom stereocenters. The van der Waals surface area contributed by atoms with E-state index in [1.807, 2.05) is 62.4 Å². The zero-order chi connectivity index (χ0) is 54.1. The van der Waals surface area contributed by atoms with Gasteiger partial charge < -0.3 is 54.9 Å². The Balaban J connectivity index is 0.731. The highest BCUT2D eigenvalue weighted by Gasteiger charge is 2.48. The average Bonchev–Trinajstić information content (AvgIpc) is 4.23. The second-order valence-corrected chi connectivity index (χ2v) is 24.1. The van der Waals surface area contributed by atoms with E-state index in [1.165, 1.54) is 16.7 Å². The molecule has 1 spiro atoms. The number of halogens is 1. The molecule has 19 nitrogen and oxygen atoms in total. The van der Waals surface area contributed by atoms with Crippen molar-refractivity contribution in [2.45, 2.75) is 139 Å². The number of carbonyl (C=O) groups excluding carboxylic acids is 3. The first kappa shape index (κ1) is 54.9. The lowest BCUT2D eigenvalue weighted by Crippen LogP contribution is -2.51. The average molecular weight is 1110 g/mol. The largest absolute Gasteiger partial charge is 0.490 e. The van der Waals surface area contributed by atoms with E-state index in [-0.39, 0.29) is 79.3 Å². The molecule has 77 heavy (non-hydrogen) atoms. The number of anilines is 2. The summed E-state index contributed by atoms with van der Waals surface area (Å²) in [6.45, 7) is 14.1. The lowest BCUT2D eigenvalue weighted by molar-refractivity contribution is -0.141. The Morgan fingerprint density at radius 2 is 1.75 bits per heavy atom. The van der Waals surface area contributed by atoms with Gasteiger partial charge in [0.25, 0.3) is 0 Å². The number of thiazole rings is 1. The van der Waals surface area contributed by atoms with E-state index in [2.05, 4.69) is 30.2 Å². The third kappa shape index (κ3) is 11.7. The number of aliphatic hydroxyl groups excluding tert-OH is 2. The molecule has 10 rings (SSSR count). The zero-order valence-electron chi connectivity index (χ0n) is 44.4. The van der Waals surface area contributed by atoms with Gasteiger partial charge in [-0.2, -0.15) is 0 Å². The standard InChI is InChI=1S/C55H70ClN11O8S2/c1-31(2)46(43-22-32(3)63-75-43)54(72)67-27-38(69)24-41(67)52(70)60-25-37-7-6-36(48-33(4)61-30-76-48)23-42(37)74-39-11-18-66(19-12-39)53(71)35-9-16-64(17-10-35)51-47(56)44(8-15-58-51)77-45-26-59-50(40(28-68)62-45)65-20-13-55(14-21-65)29-73-34(5)49(55)57/h6-8,15,22-23,26,30-31,34-35,38-39,41,46,49,68-69H,9-14,16-21,24-25,27-29,57H2,1-5H3,(H,60,70)/t34-,38+,41-,46+,49+/m0/s1. The molecule has 0 radical (unpaired) electrons. The number of nitrogens with one attached hydrogen (secondary N) is 1. The second-order valence-electron chi connectivity index (χ2n) is 21.8. The van der Waals surface area contributed by atoms with E-state index in [9.17, 15) is 24.6 Å². The van der Waals surface area contributed by atoms with E-state index in [1.54, 1.807) is 36.7 Å². The Bertz CT molecular complexity index is 2920. The molecule has 0 saturated carbocycles. The van der Waals surface area contributed by atoms with Crippen LogP contribution in [0.4, 0.5) is 11.6 Å². The van der Waals surface area contributed by atoms with Crippen molar-refractivity contribution in [3.8, 4) is 16.2 Å². The molecule has 0 aliphatic carbocycles. The SMILES string of the molecule is Cc1cc([C@H](C(=O)N2C[C@H](O)C[C@H]2C(=O)NCc2ccc(-c3scnc3C)cc2OC2CCN(C(=O)C3CCN(c4nccc(Sc5cnc(N6CCC7(CC6)CO[C@@H](C)[C@H]7N)c(CO)n5)c4Cl)CC3)CC2)C(C)C)on1. The first-order chi connectivity index (χ1) is 37.1. The molecule has 5 aromatic rings. The van der Waals surface area contributed by atoms with Crippen LogP contribution in [0.3, 0.4) is 0 Å². The highest BCUT2D eigenvalue weighted by molar-refractivity contribution is 7.99. The summed E-state index contributed by atoms with van der Waals surface area (Å²) >= 11 is 10.0. The number of likely N-dealkylation sites (tertiary alicyclic amines) is 2. The van der Waals surface area contributed by atoms with Crippen LogP contribution >= 0.6 is 34.7 Å². The van der Waals surface area contributed by atoms with Crippen LogP contribution in [0.5, 0.6) is 5.75 Å². The van der Waals surface area contributed by atoms with Crippen LogP contribution in [-0.2, 0) is 32.3 Å². The van der Waals surface area contributed by atoms with Gasteiger partial charge in [0.15, 0.2) is 5.82 Å². The maximum Gasteiger partial charge on any atom is 0.243 e. The van der Waals surface area contributed by atoms with Gasteiger partial charge in [-0.3, -0.25) is 14.4 Å². The summed E-state index contributed by atoms with van der Waals surface area (Å²) in [4.78, 5) is 70.4. The van der Waals surface area contributed by atoms with Crippen LogP contribution in [0.1, 0.15) is 100 Å². The van der Waals surface area contributed by atoms with Crippen molar-refractivity contribution in [3.05, 3.63) is 81.7 Å². The molecule has 0 bridgehead atoms. The van der Waals surface area contributed by atoms with Crippen molar-refractivity contribution >= 4 is 64.1 Å². The number of piperidine rings is 3. The number of pyridine rings is 1. The summed E-state index contributed by atoms with van der Waals surface area (Å²) < 4.78 is 18.2. The molecule has 5 aliphatic heterocycles. The van der Waals surface area contributed by atoms with Crippen LogP contribution in [-0.4, -0.2) is 146 Å². The fraction of sp³-hybridized carbons (Fsp3) is 0.564. The Morgan fingerprint density at radius 1 is 1.00 bits per heavy atom. The van der Waals surface area contributed by atoms with Gasteiger partial charge in [0, 0.05) is 112 Å². The van der Waals surface area contributed by atoms with Gasteiger partial charge in [-0.1, -0.05) is 54.5 Å². The smallest absolute Gasteiger partial charge is 0.243 e. The molecule has 9 heterocycles. The Kier molecular flexibility index (Phi) is 16.8. The number of aliphatic hydroxyl groups is 2. The normalized spacial score (nSPS) is 22.6. The summed E-state index contributed by atoms with van der Waals surface area (Å²) in [6, 6.07) is 8.69. The van der Waals surface area contributed by atoms with Crippen molar-refractivity contribution in [1.82, 2.24) is 40.2 Å². The van der Waals surface area contributed by atoms with Gasteiger partial charge >= 0.3 is 0 Å². The molecular formula is C55H70ClN11O8S2. The number of hydrogen-bond acceptors (Lipinski definition) is 18. The minimum atomic E-state index is -0.866. The summed E-state index contributed by atoms with van der Waals surface area (Å²) in [7, 11) is 0. The van der Waals surface area contributed by atoms with Crippen LogP contribution in [0, 0.1) is 31.1 Å². The second kappa shape index (κ2) is 23.5. The number of hydrogen-bond donors (Lipinski definition) is 4. The quantitative estimate of drug-likeness (QED) is 0.0871. The number of carbonyl (C=O) groups is 3. The lowest BCUT2D eigenvalue weighted by Gasteiger charge is -2.41. The van der Waals surface area contributed by atoms with Crippen molar-refractivity contribution in [2.24, 2.45) is 23.0 Å². The summed E-state index contributed by atoms with van der Waals surface area (Å²) in [6.07, 6.45) is 7.01. The highest BCUT2D eigenvalue weighted by Crippen LogP contribution is 2.44. The number of β-amino-alcohol motifs (C(OH)–C–C–N with tert-alkyl or cyclic N) is 1. The van der Waals surface area contributed by atoms with Crippen molar-refractivity contribution in [2.75, 3.05) is 62.2 Å². The van der Waals surface area contributed by atoms with Crippen LogP contribution in [0.2, 0.25) is 5.02 Å². The minimum Gasteiger partial charge on any atom is -0.490 e. The number of aryl methyl sites for hydroxylation is 2. The number of aromatic nitrogens is 5. The zero-order valence-corrected chi connectivity index (χ0v) is 46.8. The Labute approximate surface area is 462 Å². The number of ether oxygens (including phenoxy) is 2. The summed E-state index contributed by atoms with van der Waals surface area (Å²) in [5.41, 5.74) is 12.1.